The summed E-state index contributed by atoms with van der Waals surface area (Å²) >= 11 is 0. The summed E-state index contributed by atoms with van der Waals surface area (Å²) in [4.78, 5) is 26.5. The standard InChI is InChI=1S/C18H23FN2O4S/c1-2-21(13-7-8-26(24,25)11-13)18(23)15-9-14(15)17(22)20-10-12-5-3-4-6-16(12)19/h3-6,13-15H,2,7-11H2,1H3,(H,20,22). The summed E-state index contributed by atoms with van der Waals surface area (Å²) in [6.07, 6.45) is 0.913. The molecular weight excluding hydrogens is 359 g/mol. The van der Waals surface area contributed by atoms with Gasteiger partial charge in [-0.1, -0.05) is 18.2 Å². The van der Waals surface area contributed by atoms with Crippen molar-refractivity contribution in [1.82, 2.24) is 10.2 Å². The molecule has 3 atom stereocenters. The summed E-state index contributed by atoms with van der Waals surface area (Å²) in [5.74, 6) is -1.50. The van der Waals surface area contributed by atoms with Gasteiger partial charge >= 0.3 is 0 Å². The Morgan fingerprint density at radius 2 is 2.00 bits per heavy atom. The highest BCUT2D eigenvalue weighted by Crippen LogP contribution is 2.41. The molecule has 3 unspecified atom stereocenters. The Bertz CT molecular complexity index is 811. The lowest BCUT2D eigenvalue weighted by molar-refractivity contribution is -0.136. The maximum atomic E-state index is 13.6. The first-order valence-electron chi connectivity index (χ1n) is 8.84. The average molecular weight is 382 g/mol. The molecule has 1 saturated heterocycles. The molecule has 1 heterocycles. The molecule has 1 N–H and O–H groups in total. The molecule has 6 nitrogen and oxygen atoms in total. The van der Waals surface area contributed by atoms with E-state index in [4.69, 9.17) is 0 Å². The van der Waals surface area contributed by atoms with Crippen molar-refractivity contribution in [1.29, 1.82) is 0 Å². The summed E-state index contributed by atoms with van der Waals surface area (Å²) < 4.78 is 36.9. The molecule has 1 aliphatic heterocycles. The van der Waals surface area contributed by atoms with Crippen LogP contribution in [0.1, 0.15) is 25.3 Å². The van der Waals surface area contributed by atoms with Gasteiger partial charge in [-0.25, -0.2) is 12.8 Å². The fourth-order valence-electron chi connectivity index (χ4n) is 3.54. The number of rotatable bonds is 6. The van der Waals surface area contributed by atoms with Crippen molar-refractivity contribution in [2.45, 2.75) is 32.4 Å². The van der Waals surface area contributed by atoms with Crippen molar-refractivity contribution in [3.05, 3.63) is 35.6 Å². The first-order valence-corrected chi connectivity index (χ1v) is 10.7. The maximum absolute atomic E-state index is 13.6. The van der Waals surface area contributed by atoms with Crippen molar-refractivity contribution in [3.8, 4) is 0 Å². The molecule has 2 aliphatic rings. The van der Waals surface area contributed by atoms with Gasteiger partial charge in [0.15, 0.2) is 9.84 Å². The largest absolute Gasteiger partial charge is 0.352 e. The van der Waals surface area contributed by atoms with Gasteiger partial charge in [-0.3, -0.25) is 9.59 Å². The Kier molecular flexibility index (Phi) is 5.32. The summed E-state index contributed by atoms with van der Waals surface area (Å²) in [5.41, 5.74) is 0.399. The number of hydrogen-bond acceptors (Lipinski definition) is 4. The normalized spacial score (nSPS) is 26.3. The molecule has 1 aliphatic carbocycles. The third-order valence-corrected chi connectivity index (χ3v) is 6.88. The first kappa shape index (κ1) is 18.8. The minimum Gasteiger partial charge on any atom is -0.352 e. The van der Waals surface area contributed by atoms with Crippen LogP contribution in [0.4, 0.5) is 4.39 Å². The van der Waals surface area contributed by atoms with Gasteiger partial charge in [0.05, 0.1) is 23.3 Å². The number of amides is 2. The van der Waals surface area contributed by atoms with Crippen LogP contribution in [0.15, 0.2) is 24.3 Å². The Hall–Kier alpha value is -1.96. The van der Waals surface area contributed by atoms with Crippen LogP contribution >= 0.6 is 0 Å². The molecule has 0 spiro atoms. The van der Waals surface area contributed by atoms with Gasteiger partial charge in [0.25, 0.3) is 0 Å². The molecule has 2 amide bonds. The minimum absolute atomic E-state index is 0.00342. The smallest absolute Gasteiger partial charge is 0.226 e. The number of sulfone groups is 1. The molecule has 142 valence electrons. The van der Waals surface area contributed by atoms with E-state index in [0.29, 0.717) is 24.9 Å². The first-order chi connectivity index (χ1) is 12.3. The summed E-state index contributed by atoms with van der Waals surface area (Å²) in [7, 11) is -3.07. The number of nitrogens with zero attached hydrogens (tertiary/aromatic N) is 1. The number of carbonyl (C=O) groups is 2. The topological polar surface area (TPSA) is 83.6 Å². The highest BCUT2D eigenvalue weighted by Gasteiger charge is 2.50. The number of carbonyl (C=O) groups excluding carboxylic acids is 2. The predicted octanol–water partition coefficient (Wildman–Crippen LogP) is 1.11. The van der Waals surface area contributed by atoms with E-state index in [0.717, 1.165) is 0 Å². The summed E-state index contributed by atoms with van der Waals surface area (Å²) in [5, 5.41) is 2.68. The second-order valence-corrected chi connectivity index (χ2v) is 9.17. The third kappa shape index (κ3) is 4.06. The number of benzene rings is 1. The van der Waals surface area contributed by atoms with Gasteiger partial charge < -0.3 is 10.2 Å². The quantitative estimate of drug-likeness (QED) is 0.799. The SMILES string of the molecule is CCN(C(=O)C1CC1C(=O)NCc1ccccc1F)C1CCS(=O)(=O)C1. The van der Waals surface area contributed by atoms with E-state index in [9.17, 15) is 22.4 Å². The zero-order chi connectivity index (χ0) is 18.9. The van der Waals surface area contributed by atoms with Crippen LogP contribution < -0.4 is 5.32 Å². The van der Waals surface area contributed by atoms with Crippen molar-refractivity contribution in [2.24, 2.45) is 11.8 Å². The zero-order valence-corrected chi connectivity index (χ0v) is 15.5. The Morgan fingerprint density at radius 3 is 2.62 bits per heavy atom. The fraction of sp³-hybridized carbons (Fsp3) is 0.556. The molecule has 26 heavy (non-hydrogen) atoms. The zero-order valence-electron chi connectivity index (χ0n) is 14.7. The maximum Gasteiger partial charge on any atom is 0.226 e. The molecule has 1 aromatic carbocycles. The monoisotopic (exact) mass is 382 g/mol. The summed E-state index contributed by atoms with van der Waals surface area (Å²) in [6, 6.07) is 5.92. The molecule has 1 aromatic rings. The van der Waals surface area contributed by atoms with Crippen LogP contribution in [0.3, 0.4) is 0 Å². The van der Waals surface area contributed by atoms with Crippen molar-refractivity contribution < 1.29 is 22.4 Å². The van der Waals surface area contributed by atoms with E-state index in [1.807, 2.05) is 6.92 Å². The molecular formula is C18H23FN2O4S. The summed E-state index contributed by atoms with van der Waals surface area (Å²) in [6.45, 7) is 2.33. The van der Waals surface area contributed by atoms with Crippen LogP contribution in [-0.4, -0.2) is 49.2 Å². The van der Waals surface area contributed by atoms with E-state index in [1.54, 1.807) is 23.1 Å². The molecule has 0 bridgehead atoms. The van der Waals surface area contributed by atoms with Crippen LogP contribution in [0.5, 0.6) is 0 Å². The van der Waals surface area contributed by atoms with E-state index >= 15 is 0 Å². The van der Waals surface area contributed by atoms with Gasteiger partial charge in [-0.2, -0.15) is 0 Å². The predicted molar refractivity (Wildman–Crippen MR) is 94.3 cm³/mol. The second kappa shape index (κ2) is 7.34. The minimum atomic E-state index is -3.07. The lowest BCUT2D eigenvalue weighted by Crippen LogP contribution is -2.42. The van der Waals surface area contributed by atoms with Gasteiger partial charge in [0.2, 0.25) is 11.8 Å². The van der Waals surface area contributed by atoms with Crippen molar-refractivity contribution in [3.63, 3.8) is 0 Å². The highest BCUT2D eigenvalue weighted by atomic mass is 32.2. The van der Waals surface area contributed by atoms with Crippen LogP contribution in [0.2, 0.25) is 0 Å². The van der Waals surface area contributed by atoms with Gasteiger partial charge in [0.1, 0.15) is 5.82 Å². The van der Waals surface area contributed by atoms with E-state index in [1.165, 1.54) is 6.07 Å². The molecule has 2 fully saturated rings. The van der Waals surface area contributed by atoms with E-state index in [-0.39, 0.29) is 41.7 Å². The lowest BCUT2D eigenvalue weighted by Gasteiger charge is -2.27. The van der Waals surface area contributed by atoms with Gasteiger partial charge in [0, 0.05) is 24.7 Å². The fourth-order valence-corrected chi connectivity index (χ4v) is 5.27. The number of halogens is 1. The molecule has 0 radical (unpaired) electrons. The van der Waals surface area contributed by atoms with Crippen LogP contribution in [0, 0.1) is 17.7 Å². The molecule has 0 aromatic heterocycles. The van der Waals surface area contributed by atoms with Crippen molar-refractivity contribution >= 4 is 21.7 Å². The lowest BCUT2D eigenvalue weighted by atomic mass is 10.1. The molecule has 1 saturated carbocycles. The Morgan fingerprint density at radius 1 is 1.27 bits per heavy atom. The van der Waals surface area contributed by atoms with Crippen LogP contribution in [-0.2, 0) is 26.0 Å². The van der Waals surface area contributed by atoms with Crippen LogP contribution in [0.25, 0.3) is 0 Å². The van der Waals surface area contributed by atoms with Gasteiger partial charge in [-0.15, -0.1) is 0 Å². The number of nitrogens with one attached hydrogen (secondary N) is 1. The highest BCUT2D eigenvalue weighted by molar-refractivity contribution is 7.91. The molecule has 3 rings (SSSR count). The van der Waals surface area contributed by atoms with E-state index in [2.05, 4.69) is 5.32 Å². The van der Waals surface area contributed by atoms with Gasteiger partial charge in [-0.05, 0) is 25.8 Å². The average Bonchev–Trinajstić information content (AvgIpc) is 3.32. The van der Waals surface area contributed by atoms with Crippen molar-refractivity contribution in [2.75, 3.05) is 18.1 Å². The van der Waals surface area contributed by atoms with E-state index < -0.39 is 21.7 Å². The number of hydrogen-bond donors (Lipinski definition) is 1. The third-order valence-electron chi connectivity index (χ3n) is 5.13. The Balaban J connectivity index is 1.54. The molecule has 8 heteroatoms. The Labute approximate surface area is 152 Å². The second-order valence-electron chi connectivity index (χ2n) is 6.94.